The normalized spacial score (nSPS) is 32.6. The van der Waals surface area contributed by atoms with Gasteiger partial charge in [0.25, 0.3) is 0 Å². The SMILES string of the molecule is CCCC(CNC)N1CC2CCCN2CC1C. The van der Waals surface area contributed by atoms with Crippen molar-refractivity contribution in [2.75, 3.05) is 33.2 Å². The third-order valence-corrected chi connectivity index (χ3v) is 4.52. The molecule has 0 aromatic rings. The molecule has 3 atom stereocenters. The molecule has 3 heteroatoms. The molecule has 0 amide bonds. The van der Waals surface area contributed by atoms with Gasteiger partial charge in [0.05, 0.1) is 0 Å². The summed E-state index contributed by atoms with van der Waals surface area (Å²) in [4.78, 5) is 5.48. The van der Waals surface area contributed by atoms with Gasteiger partial charge in [-0.3, -0.25) is 9.80 Å². The molecule has 0 aliphatic carbocycles. The number of hydrogen-bond donors (Lipinski definition) is 1. The van der Waals surface area contributed by atoms with Crippen molar-refractivity contribution in [1.82, 2.24) is 15.1 Å². The third kappa shape index (κ3) is 3.01. The molecule has 0 bridgehead atoms. The highest BCUT2D eigenvalue weighted by molar-refractivity contribution is 4.93. The molecule has 0 aromatic heterocycles. The maximum Gasteiger partial charge on any atom is 0.0224 e. The Bertz CT molecular complexity index is 226. The standard InChI is InChI=1S/C14H29N3/c1-4-6-13(9-15-3)17-11-14-7-5-8-16(14)10-12(17)2/h12-15H,4-11H2,1-3H3. The second-order valence-electron chi connectivity index (χ2n) is 5.84. The number of nitrogens with zero attached hydrogens (tertiary/aromatic N) is 2. The van der Waals surface area contributed by atoms with Crippen molar-refractivity contribution in [3.05, 3.63) is 0 Å². The zero-order valence-corrected chi connectivity index (χ0v) is 11.8. The second-order valence-corrected chi connectivity index (χ2v) is 5.84. The molecule has 2 aliphatic rings. The van der Waals surface area contributed by atoms with Crippen LogP contribution in [-0.2, 0) is 0 Å². The molecule has 2 aliphatic heterocycles. The largest absolute Gasteiger partial charge is 0.318 e. The number of hydrogen-bond acceptors (Lipinski definition) is 3. The van der Waals surface area contributed by atoms with Gasteiger partial charge >= 0.3 is 0 Å². The Balaban J connectivity index is 1.97. The second kappa shape index (κ2) is 6.17. The first kappa shape index (κ1) is 13.3. The van der Waals surface area contributed by atoms with Crippen LogP contribution in [0.15, 0.2) is 0 Å². The minimum atomic E-state index is 0.731. The van der Waals surface area contributed by atoms with Crippen molar-refractivity contribution >= 4 is 0 Å². The van der Waals surface area contributed by atoms with Crippen LogP contribution in [0.4, 0.5) is 0 Å². The lowest BCUT2D eigenvalue weighted by atomic mass is 10.0. The van der Waals surface area contributed by atoms with Gasteiger partial charge in [-0.2, -0.15) is 0 Å². The molecule has 0 spiro atoms. The zero-order valence-electron chi connectivity index (χ0n) is 11.8. The molecule has 1 N–H and O–H groups in total. The molecule has 2 fully saturated rings. The summed E-state index contributed by atoms with van der Waals surface area (Å²) in [7, 11) is 2.08. The minimum absolute atomic E-state index is 0.731. The molecule has 3 nitrogen and oxygen atoms in total. The molecule has 17 heavy (non-hydrogen) atoms. The monoisotopic (exact) mass is 239 g/mol. The summed E-state index contributed by atoms with van der Waals surface area (Å²) >= 11 is 0. The zero-order chi connectivity index (χ0) is 12.3. The van der Waals surface area contributed by atoms with E-state index in [1.54, 1.807) is 0 Å². The summed E-state index contributed by atoms with van der Waals surface area (Å²) in [5, 5.41) is 3.37. The summed E-state index contributed by atoms with van der Waals surface area (Å²) < 4.78 is 0. The van der Waals surface area contributed by atoms with Gasteiger partial charge in [-0.05, 0) is 39.8 Å². The van der Waals surface area contributed by atoms with Gasteiger partial charge in [-0.25, -0.2) is 0 Å². The van der Waals surface area contributed by atoms with E-state index < -0.39 is 0 Å². The van der Waals surface area contributed by atoms with Crippen molar-refractivity contribution in [3.63, 3.8) is 0 Å². The van der Waals surface area contributed by atoms with Crippen molar-refractivity contribution < 1.29 is 0 Å². The molecule has 2 saturated heterocycles. The summed E-state index contributed by atoms with van der Waals surface area (Å²) in [6, 6.07) is 2.32. The summed E-state index contributed by atoms with van der Waals surface area (Å²) in [5.41, 5.74) is 0. The molecule has 0 aromatic carbocycles. The van der Waals surface area contributed by atoms with Gasteiger partial charge in [0.1, 0.15) is 0 Å². The fourth-order valence-corrected chi connectivity index (χ4v) is 3.67. The molecular weight excluding hydrogens is 210 g/mol. The fourth-order valence-electron chi connectivity index (χ4n) is 3.67. The van der Waals surface area contributed by atoms with Crippen LogP contribution in [0, 0.1) is 0 Å². The van der Waals surface area contributed by atoms with E-state index in [9.17, 15) is 0 Å². The van der Waals surface area contributed by atoms with Crippen LogP contribution in [-0.4, -0.2) is 61.2 Å². The maximum atomic E-state index is 3.37. The highest BCUT2D eigenvalue weighted by Gasteiger charge is 2.36. The van der Waals surface area contributed by atoms with Gasteiger partial charge in [-0.15, -0.1) is 0 Å². The minimum Gasteiger partial charge on any atom is -0.318 e. The van der Waals surface area contributed by atoms with E-state index in [0.29, 0.717) is 0 Å². The highest BCUT2D eigenvalue weighted by atomic mass is 15.3. The smallest absolute Gasteiger partial charge is 0.0224 e. The molecule has 0 saturated carbocycles. The van der Waals surface area contributed by atoms with Crippen LogP contribution < -0.4 is 5.32 Å². The van der Waals surface area contributed by atoms with Gasteiger partial charge in [-0.1, -0.05) is 13.3 Å². The average molecular weight is 239 g/mol. The van der Waals surface area contributed by atoms with E-state index >= 15 is 0 Å². The van der Waals surface area contributed by atoms with Crippen molar-refractivity contribution in [2.45, 2.75) is 57.7 Å². The topological polar surface area (TPSA) is 18.5 Å². The lowest BCUT2D eigenvalue weighted by Crippen LogP contribution is -2.59. The Hall–Kier alpha value is -0.120. The molecule has 3 unspecified atom stereocenters. The van der Waals surface area contributed by atoms with E-state index in [4.69, 9.17) is 0 Å². The summed E-state index contributed by atoms with van der Waals surface area (Å²) in [6.07, 6.45) is 5.46. The molecule has 100 valence electrons. The Labute approximate surface area is 107 Å². The first-order valence-electron chi connectivity index (χ1n) is 7.40. The van der Waals surface area contributed by atoms with Gasteiger partial charge in [0, 0.05) is 37.8 Å². The Kier molecular flexibility index (Phi) is 4.83. The Morgan fingerprint density at radius 1 is 1.35 bits per heavy atom. The van der Waals surface area contributed by atoms with Crippen LogP contribution in [0.5, 0.6) is 0 Å². The number of fused-ring (bicyclic) bond motifs is 1. The van der Waals surface area contributed by atoms with Gasteiger partial charge < -0.3 is 5.32 Å². The Morgan fingerprint density at radius 3 is 2.88 bits per heavy atom. The van der Waals surface area contributed by atoms with E-state index in [0.717, 1.165) is 24.7 Å². The lowest BCUT2D eigenvalue weighted by molar-refractivity contribution is 0.0255. The molecular formula is C14H29N3. The fraction of sp³-hybridized carbons (Fsp3) is 1.00. The molecule has 2 heterocycles. The van der Waals surface area contributed by atoms with Crippen LogP contribution in [0.25, 0.3) is 0 Å². The van der Waals surface area contributed by atoms with E-state index in [1.165, 1.54) is 45.3 Å². The number of rotatable bonds is 5. The predicted octanol–water partition coefficient (Wildman–Crippen LogP) is 1.54. The number of likely N-dealkylation sites (N-methyl/N-ethyl adjacent to an activating group) is 1. The lowest BCUT2D eigenvalue weighted by Gasteiger charge is -2.46. The predicted molar refractivity (Wildman–Crippen MR) is 73.4 cm³/mol. The van der Waals surface area contributed by atoms with Gasteiger partial charge in [0.2, 0.25) is 0 Å². The number of piperazine rings is 1. The van der Waals surface area contributed by atoms with E-state index in [2.05, 4.69) is 36.0 Å². The molecule has 2 rings (SSSR count). The third-order valence-electron chi connectivity index (χ3n) is 4.52. The van der Waals surface area contributed by atoms with Crippen LogP contribution >= 0.6 is 0 Å². The van der Waals surface area contributed by atoms with Crippen LogP contribution in [0.1, 0.15) is 39.5 Å². The van der Waals surface area contributed by atoms with Crippen molar-refractivity contribution in [2.24, 2.45) is 0 Å². The average Bonchev–Trinajstić information content (AvgIpc) is 2.74. The van der Waals surface area contributed by atoms with Crippen molar-refractivity contribution in [3.8, 4) is 0 Å². The summed E-state index contributed by atoms with van der Waals surface area (Å²) in [5.74, 6) is 0. The van der Waals surface area contributed by atoms with Crippen molar-refractivity contribution in [1.29, 1.82) is 0 Å². The first-order valence-corrected chi connectivity index (χ1v) is 7.40. The van der Waals surface area contributed by atoms with Crippen LogP contribution in [0.3, 0.4) is 0 Å². The summed E-state index contributed by atoms with van der Waals surface area (Å²) in [6.45, 7) is 9.78. The van der Waals surface area contributed by atoms with E-state index in [1.807, 2.05) is 0 Å². The first-order chi connectivity index (χ1) is 8.26. The Morgan fingerprint density at radius 2 is 2.18 bits per heavy atom. The molecule has 0 radical (unpaired) electrons. The highest BCUT2D eigenvalue weighted by Crippen LogP contribution is 2.26. The van der Waals surface area contributed by atoms with E-state index in [-0.39, 0.29) is 0 Å². The maximum absolute atomic E-state index is 3.37. The number of nitrogens with one attached hydrogen (secondary N) is 1. The van der Waals surface area contributed by atoms with Crippen LogP contribution in [0.2, 0.25) is 0 Å². The quantitative estimate of drug-likeness (QED) is 0.785. The van der Waals surface area contributed by atoms with Gasteiger partial charge in [0.15, 0.2) is 0 Å².